The summed E-state index contributed by atoms with van der Waals surface area (Å²) in [5.41, 5.74) is 2.63. The van der Waals surface area contributed by atoms with Crippen molar-refractivity contribution in [3.05, 3.63) is 44.6 Å². The molecule has 1 aliphatic heterocycles. The Labute approximate surface area is 128 Å². The molecule has 3 rings (SSSR count). The van der Waals surface area contributed by atoms with Gasteiger partial charge in [-0.1, -0.05) is 0 Å². The Hall–Kier alpha value is -1.66. The molecule has 0 fully saturated rings. The highest BCUT2D eigenvalue weighted by molar-refractivity contribution is 9.10. The van der Waals surface area contributed by atoms with E-state index in [1.54, 1.807) is 12.1 Å². The quantitative estimate of drug-likeness (QED) is 0.868. The lowest BCUT2D eigenvalue weighted by Crippen LogP contribution is -2.19. The molecule has 0 bridgehead atoms. The molecule has 1 aromatic heterocycles. The van der Waals surface area contributed by atoms with E-state index in [-0.39, 0.29) is 11.8 Å². The van der Waals surface area contributed by atoms with Gasteiger partial charge in [-0.15, -0.1) is 11.3 Å². The lowest BCUT2D eigenvalue weighted by atomic mass is 10.0. The molecule has 6 heteroatoms. The Balaban J connectivity index is 1.78. The van der Waals surface area contributed by atoms with Gasteiger partial charge in [-0.25, -0.2) is 0 Å². The van der Waals surface area contributed by atoms with Crippen molar-refractivity contribution in [3.8, 4) is 0 Å². The fraction of sp³-hybridized carbons (Fsp3) is 0.143. The third kappa shape index (κ3) is 2.76. The molecule has 2 heterocycles. The van der Waals surface area contributed by atoms with E-state index in [9.17, 15) is 9.59 Å². The number of aryl methyl sites for hydroxylation is 1. The van der Waals surface area contributed by atoms with Gasteiger partial charge in [0.15, 0.2) is 0 Å². The number of carbonyl (C=O) groups is 2. The first kappa shape index (κ1) is 13.3. The summed E-state index contributed by atoms with van der Waals surface area (Å²) in [5.74, 6) is -0.0850. The van der Waals surface area contributed by atoms with Gasteiger partial charge in [0.1, 0.15) is 0 Å². The molecule has 102 valence electrons. The maximum absolute atomic E-state index is 12.1. The zero-order valence-electron chi connectivity index (χ0n) is 10.4. The number of fused-ring (bicyclic) bond motifs is 1. The van der Waals surface area contributed by atoms with E-state index in [1.807, 2.05) is 17.5 Å². The molecule has 1 aromatic carbocycles. The largest absolute Gasteiger partial charge is 0.326 e. The number of anilines is 2. The topological polar surface area (TPSA) is 58.2 Å². The molecule has 0 spiro atoms. The molecule has 20 heavy (non-hydrogen) atoms. The minimum atomic E-state index is -0.125. The number of hydrogen-bond donors (Lipinski definition) is 2. The first-order chi connectivity index (χ1) is 9.61. The van der Waals surface area contributed by atoms with Crippen molar-refractivity contribution >= 4 is 50.5 Å². The minimum Gasteiger partial charge on any atom is -0.326 e. The van der Waals surface area contributed by atoms with Gasteiger partial charge in [-0.2, -0.15) is 0 Å². The van der Waals surface area contributed by atoms with E-state index in [0.29, 0.717) is 17.7 Å². The number of thiophene rings is 1. The number of rotatable bonds is 2. The van der Waals surface area contributed by atoms with E-state index < -0.39 is 0 Å². The lowest BCUT2D eigenvalue weighted by molar-refractivity contribution is -0.116. The molecule has 1 aliphatic rings. The zero-order chi connectivity index (χ0) is 14.1. The summed E-state index contributed by atoms with van der Waals surface area (Å²) in [6, 6.07) is 7.32. The standard InChI is InChI=1S/C14H11BrN2O2S/c15-9-6-12(20-7-9)14(19)16-10-2-3-11-8(5-10)1-4-13(18)17-11/h2-3,5-7H,1,4H2,(H,16,19)(H,17,18). The van der Waals surface area contributed by atoms with Crippen LogP contribution in [0.1, 0.15) is 21.7 Å². The second kappa shape index (κ2) is 5.38. The van der Waals surface area contributed by atoms with Crippen LogP contribution in [0.25, 0.3) is 0 Å². The monoisotopic (exact) mass is 350 g/mol. The summed E-state index contributed by atoms with van der Waals surface area (Å²) in [7, 11) is 0. The number of benzene rings is 1. The van der Waals surface area contributed by atoms with Gasteiger partial charge in [-0.3, -0.25) is 9.59 Å². The molecule has 0 radical (unpaired) electrons. The summed E-state index contributed by atoms with van der Waals surface area (Å²) in [4.78, 5) is 24.0. The van der Waals surface area contributed by atoms with E-state index >= 15 is 0 Å². The van der Waals surface area contributed by atoms with Gasteiger partial charge >= 0.3 is 0 Å². The summed E-state index contributed by atoms with van der Waals surface area (Å²) < 4.78 is 0.904. The van der Waals surface area contributed by atoms with Crippen LogP contribution in [0.4, 0.5) is 11.4 Å². The fourth-order valence-electron chi connectivity index (χ4n) is 2.09. The average Bonchev–Trinajstić information content (AvgIpc) is 2.86. The van der Waals surface area contributed by atoms with Crippen molar-refractivity contribution in [2.24, 2.45) is 0 Å². The van der Waals surface area contributed by atoms with Crippen LogP contribution < -0.4 is 10.6 Å². The summed E-state index contributed by atoms with van der Waals surface area (Å²) >= 11 is 4.72. The van der Waals surface area contributed by atoms with Gasteiger partial charge in [0.05, 0.1) is 4.88 Å². The van der Waals surface area contributed by atoms with Crippen LogP contribution in [0.3, 0.4) is 0 Å². The van der Waals surface area contributed by atoms with Crippen LogP contribution in [0.2, 0.25) is 0 Å². The molecular weight excluding hydrogens is 340 g/mol. The zero-order valence-corrected chi connectivity index (χ0v) is 12.8. The maximum Gasteiger partial charge on any atom is 0.265 e. The van der Waals surface area contributed by atoms with Crippen LogP contribution in [0.15, 0.2) is 34.1 Å². The Kier molecular flexibility index (Phi) is 3.58. The van der Waals surface area contributed by atoms with Gasteiger partial charge in [-0.05, 0) is 52.2 Å². The predicted octanol–water partition coefficient (Wildman–Crippen LogP) is 3.65. The van der Waals surface area contributed by atoms with Crippen LogP contribution in [0.5, 0.6) is 0 Å². The number of halogens is 1. The van der Waals surface area contributed by atoms with Crippen molar-refractivity contribution in [3.63, 3.8) is 0 Å². The van der Waals surface area contributed by atoms with Crippen molar-refractivity contribution in [2.75, 3.05) is 10.6 Å². The molecule has 0 unspecified atom stereocenters. The molecule has 0 atom stereocenters. The van der Waals surface area contributed by atoms with Crippen LogP contribution >= 0.6 is 27.3 Å². The van der Waals surface area contributed by atoms with Gasteiger partial charge in [0.25, 0.3) is 5.91 Å². The first-order valence-electron chi connectivity index (χ1n) is 6.10. The normalized spacial score (nSPS) is 13.6. The molecular formula is C14H11BrN2O2S. The summed E-state index contributed by atoms with van der Waals surface area (Å²) in [6.07, 6.45) is 1.19. The molecule has 2 amide bonds. The first-order valence-corrected chi connectivity index (χ1v) is 7.77. The molecule has 4 nitrogen and oxygen atoms in total. The lowest BCUT2D eigenvalue weighted by Gasteiger charge is -2.17. The van der Waals surface area contributed by atoms with E-state index in [2.05, 4.69) is 26.6 Å². The van der Waals surface area contributed by atoms with Crippen LogP contribution in [0, 0.1) is 0 Å². The van der Waals surface area contributed by atoms with Crippen LogP contribution in [-0.2, 0) is 11.2 Å². The van der Waals surface area contributed by atoms with Crippen molar-refractivity contribution in [1.29, 1.82) is 0 Å². The second-order valence-corrected chi connectivity index (χ2v) is 6.33. The molecule has 0 aliphatic carbocycles. The molecule has 0 saturated heterocycles. The van der Waals surface area contributed by atoms with E-state index in [0.717, 1.165) is 21.4 Å². The van der Waals surface area contributed by atoms with Crippen molar-refractivity contribution < 1.29 is 9.59 Å². The summed E-state index contributed by atoms with van der Waals surface area (Å²) in [6.45, 7) is 0. The van der Waals surface area contributed by atoms with Crippen molar-refractivity contribution in [1.82, 2.24) is 0 Å². The number of amides is 2. The SMILES string of the molecule is O=C1CCc2cc(NC(=O)c3cc(Br)cs3)ccc2N1. The summed E-state index contributed by atoms with van der Waals surface area (Å²) in [5, 5.41) is 7.56. The van der Waals surface area contributed by atoms with Crippen LogP contribution in [-0.4, -0.2) is 11.8 Å². The molecule has 2 aromatic rings. The van der Waals surface area contributed by atoms with Crippen molar-refractivity contribution in [2.45, 2.75) is 12.8 Å². The number of hydrogen-bond acceptors (Lipinski definition) is 3. The highest BCUT2D eigenvalue weighted by atomic mass is 79.9. The molecule has 2 N–H and O–H groups in total. The Morgan fingerprint density at radius 2 is 2.15 bits per heavy atom. The smallest absolute Gasteiger partial charge is 0.265 e. The Morgan fingerprint density at radius 3 is 2.90 bits per heavy atom. The fourth-order valence-corrected chi connectivity index (χ4v) is 3.41. The number of carbonyl (C=O) groups excluding carboxylic acids is 2. The van der Waals surface area contributed by atoms with Gasteiger partial charge in [0.2, 0.25) is 5.91 Å². The van der Waals surface area contributed by atoms with E-state index in [1.165, 1.54) is 11.3 Å². The predicted molar refractivity (Wildman–Crippen MR) is 83.4 cm³/mol. The van der Waals surface area contributed by atoms with Gasteiger partial charge in [0, 0.05) is 27.6 Å². The Morgan fingerprint density at radius 1 is 1.30 bits per heavy atom. The highest BCUT2D eigenvalue weighted by Crippen LogP contribution is 2.26. The van der Waals surface area contributed by atoms with Gasteiger partial charge < -0.3 is 10.6 Å². The second-order valence-electron chi connectivity index (χ2n) is 4.50. The maximum atomic E-state index is 12.1. The highest BCUT2D eigenvalue weighted by Gasteiger charge is 2.16. The Bertz CT molecular complexity index is 696. The third-order valence-electron chi connectivity index (χ3n) is 3.05. The average molecular weight is 351 g/mol. The third-order valence-corrected chi connectivity index (χ3v) is 4.74. The minimum absolute atomic E-state index is 0.0396. The van der Waals surface area contributed by atoms with E-state index in [4.69, 9.17) is 0 Å². The number of nitrogens with one attached hydrogen (secondary N) is 2. The molecule has 0 saturated carbocycles.